The third-order valence-electron chi connectivity index (χ3n) is 28.9. The maximum atomic E-state index is 5.17. The predicted molar refractivity (Wildman–Crippen MR) is 601 cm³/mol. The van der Waals surface area contributed by atoms with E-state index in [1.165, 1.54) is 138 Å². The molecule has 0 saturated heterocycles. The normalized spacial score (nSPS) is 11.7. The smallest absolute Gasteiger partial charge is 0.164 e. The Morgan fingerprint density at radius 2 is 0.361 bits per heavy atom. The van der Waals surface area contributed by atoms with Gasteiger partial charge in [0.1, 0.15) is 0 Å². The van der Waals surface area contributed by atoms with Crippen LogP contribution >= 0.6 is 0 Å². The number of benzene rings is 21. The molecule has 0 fully saturated rings. The van der Waals surface area contributed by atoms with Gasteiger partial charge in [-0.3, -0.25) is 0 Å². The Balaban J connectivity index is 0.000000107. The van der Waals surface area contributed by atoms with E-state index in [4.69, 9.17) is 44.9 Å². The number of rotatable bonds is 12. The van der Waals surface area contributed by atoms with Crippen LogP contribution in [0.5, 0.6) is 0 Å². The SMILES string of the molecule is c1ccc(-c2nc(-c3ccc4ccccc4c3)nc(-c3ccc(-n4cc5c6c(cccc64)-c4ccccc4-c4ccccc4-5)c4ccccc34)n2)cc1.c1ccc(-c2nc(-c3ccccc3)nc(-c3ccc(-n4cc5c6c(cccc64)-c4ccccc4-c4ccccc4-5)c4ccccc34)n2)cc1.c1ccc(-c2nc(-c3ccccc3)nc(-c3ccc(-n4cc5c6c(cccc64)-c4ccccc4-c4ccccc4-5)cc3)n2)cc1. The van der Waals surface area contributed by atoms with E-state index in [0.29, 0.717) is 52.4 Å². The van der Waals surface area contributed by atoms with Crippen LogP contribution in [0, 0.1) is 0 Å². The average Bonchev–Trinajstić information content (AvgIpc) is 1.58. The molecular weight excluding hydrogens is 1790 g/mol. The topological polar surface area (TPSA) is 131 Å². The van der Waals surface area contributed by atoms with E-state index in [1.807, 2.05) is 140 Å². The van der Waals surface area contributed by atoms with E-state index in [2.05, 4.69) is 384 Å². The van der Waals surface area contributed by atoms with Crippen LogP contribution in [-0.2, 0) is 0 Å². The minimum Gasteiger partial charge on any atom is -0.316 e. The van der Waals surface area contributed by atoms with Crippen molar-refractivity contribution in [3.05, 3.63) is 510 Å². The second-order valence-corrected chi connectivity index (χ2v) is 37.3. The highest BCUT2D eigenvalue weighted by Crippen LogP contribution is 2.54. The standard InChI is InChI=1S/C49H30N4.C45H28N4.C41H26N4/c1-2-14-32(15-3-1)47-50-48(34-26-25-31-13-4-5-16-33(31)29-34)52-49(51-47)42-27-28-44(40-22-11-10-21-39(40)42)53-30-43-38-20-9-7-18-36(38)35-17-6-8-19-37(35)41-23-12-24-45(53)46(41)43;1-3-14-29(15-4-1)43-46-44(30-16-5-2-6-17-30)48-45(47-43)38-26-27-40(36-23-12-11-22-35(36)38)49-28-39-34-21-10-8-19-32(34)31-18-7-9-20-33(31)37-24-13-25-41(49)42(37)39;1-3-12-27(13-4-1)39-42-40(28-14-5-2-6-15-28)44-41(43-39)29-22-24-30(25-23-29)45-26-36-34-19-10-8-17-32(34)31-16-7-9-18-33(31)35-20-11-21-37(45)38(35)36/h1-30H;1-28H;1-26H. The fourth-order valence-corrected chi connectivity index (χ4v) is 22.2. The van der Waals surface area contributed by atoms with Crippen LogP contribution < -0.4 is 0 Å². The minimum atomic E-state index is 0.644. The molecule has 0 radical (unpaired) electrons. The van der Waals surface area contributed by atoms with Crippen molar-refractivity contribution in [1.29, 1.82) is 0 Å². The van der Waals surface area contributed by atoms with Crippen LogP contribution in [0.15, 0.2) is 510 Å². The summed E-state index contributed by atoms with van der Waals surface area (Å²) in [4.78, 5) is 45.1. The zero-order valence-corrected chi connectivity index (χ0v) is 79.4. The van der Waals surface area contributed by atoms with E-state index in [1.54, 1.807) is 0 Å². The second kappa shape index (κ2) is 35.7. The fourth-order valence-electron chi connectivity index (χ4n) is 22.2. The van der Waals surface area contributed by atoms with Crippen molar-refractivity contribution in [3.63, 3.8) is 0 Å². The molecule has 0 aliphatic heterocycles. The molecule has 30 rings (SSSR count). The Bertz CT molecular complexity index is 9810. The van der Waals surface area contributed by atoms with Crippen LogP contribution in [-0.4, -0.2) is 58.6 Å². The largest absolute Gasteiger partial charge is 0.316 e. The number of hydrogen-bond donors (Lipinski definition) is 0. The lowest BCUT2D eigenvalue weighted by atomic mass is 9.94. The molecule has 684 valence electrons. The molecule has 12 nitrogen and oxygen atoms in total. The van der Waals surface area contributed by atoms with Crippen molar-refractivity contribution in [2.75, 3.05) is 0 Å². The van der Waals surface area contributed by atoms with Gasteiger partial charge in [0, 0.05) is 118 Å². The maximum Gasteiger partial charge on any atom is 0.164 e. The zero-order chi connectivity index (χ0) is 96.9. The first-order valence-electron chi connectivity index (χ1n) is 49.6. The second-order valence-electron chi connectivity index (χ2n) is 37.3. The molecule has 0 unspecified atom stereocenters. The molecule has 3 aliphatic carbocycles. The van der Waals surface area contributed by atoms with Gasteiger partial charge in [-0.15, -0.1) is 0 Å². The lowest BCUT2D eigenvalue weighted by Crippen LogP contribution is -2.01. The summed E-state index contributed by atoms with van der Waals surface area (Å²) < 4.78 is 7.04. The first-order valence-corrected chi connectivity index (χ1v) is 49.6. The number of hydrogen-bond acceptors (Lipinski definition) is 9. The summed E-state index contributed by atoms with van der Waals surface area (Å²) in [6.45, 7) is 0. The monoisotopic (exact) mass is 1870 g/mol. The Morgan fingerprint density at radius 3 is 0.687 bits per heavy atom. The van der Waals surface area contributed by atoms with Crippen molar-refractivity contribution in [2.45, 2.75) is 0 Å². The summed E-state index contributed by atoms with van der Waals surface area (Å²) in [6.07, 6.45) is 6.94. The highest BCUT2D eigenvalue weighted by atomic mass is 15.1. The van der Waals surface area contributed by atoms with Crippen LogP contribution in [0.4, 0.5) is 0 Å². The molecule has 0 saturated carbocycles. The summed E-state index contributed by atoms with van der Waals surface area (Å²) >= 11 is 0. The highest BCUT2D eigenvalue weighted by Gasteiger charge is 2.31. The lowest BCUT2D eigenvalue weighted by molar-refractivity contribution is 1.07. The summed E-state index contributed by atoms with van der Waals surface area (Å²) in [7, 11) is 0. The van der Waals surface area contributed by atoms with Crippen molar-refractivity contribution in [1.82, 2.24) is 58.6 Å². The molecule has 6 aromatic heterocycles. The van der Waals surface area contributed by atoms with E-state index in [9.17, 15) is 0 Å². The molecule has 0 spiro atoms. The maximum absolute atomic E-state index is 5.17. The van der Waals surface area contributed by atoms with Gasteiger partial charge in [-0.05, 0) is 178 Å². The van der Waals surface area contributed by atoms with Gasteiger partial charge in [-0.25, -0.2) is 44.9 Å². The average molecular weight is 1870 g/mol. The van der Waals surface area contributed by atoms with Crippen molar-refractivity contribution in [2.24, 2.45) is 0 Å². The van der Waals surface area contributed by atoms with Gasteiger partial charge in [0.05, 0.1) is 27.9 Å². The Hall–Kier alpha value is -20.0. The summed E-state index contributed by atoms with van der Waals surface area (Å²) in [5.41, 5.74) is 38.0. The first-order chi connectivity index (χ1) is 72.9. The molecule has 0 bridgehead atoms. The summed E-state index contributed by atoms with van der Waals surface area (Å²) in [6, 6.07) is 173. The predicted octanol–water partition coefficient (Wildman–Crippen LogP) is 33.9. The van der Waals surface area contributed by atoms with E-state index < -0.39 is 0 Å². The van der Waals surface area contributed by atoms with Crippen molar-refractivity contribution < 1.29 is 0 Å². The first kappa shape index (κ1) is 85.1. The number of aromatic nitrogens is 12. The zero-order valence-electron chi connectivity index (χ0n) is 79.4. The minimum absolute atomic E-state index is 0.644. The van der Waals surface area contributed by atoms with E-state index >= 15 is 0 Å². The van der Waals surface area contributed by atoms with Crippen LogP contribution in [0.3, 0.4) is 0 Å². The third-order valence-corrected chi connectivity index (χ3v) is 28.9. The fraction of sp³-hybridized carbons (Fsp3) is 0. The van der Waals surface area contributed by atoms with Crippen LogP contribution in [0.25, 0.3) is 285 Å². The lowest BCUT2D eigenvalue weighted by Gasteiger charge is -2.15. The molecule has 6 heterocycles. The van der Waals surface area contributed by atoms with Gasteiger partial charge in [0.15, 0.2) is 52.4 Å². The summed E-state index contributed by atoms with van der Waals surface area (Å²) in [5.74, 6) is 5.86. The van der Waals surface area contributed by atoms with Crippen LogP contribution in [0.1, 0.15) is 0 Å². The highest BCUT2D eigenvalue weighted by molar-refractivity contribution is 6.18. The third kappa shape index (κ3) is 14.8. The van der Waals surface area contributed by atoms with Crippen molar-refractivity contribution >= 4 is 65.0 Å². The molecule has 27 aromatic rings. The number of nitrogens with zero attached hydrogens (tertiary/aromatic N) is 12. The molecule has 3 aliphatic rings. The van der Waals surface area contributed by atoms with Gasteiger partial charge in [0.25, 0.3) is 0 Å². The molecule has 0 amide bonds. The number of fused-ring (bicyclic) bond motifs is 18. The molecule has 0 N–H and O–H groups in total. The molecule has 21 aromatic carbocycles. The molecule has 147 heavy (non-hydrogen) atoms. The quantitative estimate of drug-likeness (QED) is 0.117. The van der Waals surface area contributed by atoms with Gasteiger partial charge < -0.3 is 13.7 Å². The molecule has 0 atom stereocenters. The van der Waals surface area contributed by atoms with Gasteiger partial charge in [-0.2, -0.15) is 0 Å². The van der Waals surface area contributed by atoms with Gasteiger partial charge in [-0.1, -0.05) is 419 Å². The Labute approximate surface area is 847 Å². The molecular formula is C135H84N12. The van der Waals surface area contributed by atoms with Crippen molar-refractivity contribution in [3.8, 4) is 220 Å². The van der Waals surface area contributed by atoms with Crippen LogP contribution in [0.2, 0.25) is 0 Å². The van der Waals surface area contributed by atoms with Gasteiger partial charge in [0.2, 0.25) is 0 Å². The van der Waals surface area contributed by atoms with E-state index in [0.717, 1.165) is 94.1 Å². The summed E-state index contributed by atoms with van der Waals surface area (Å²) in [5, 5.41) is 10.6. The van der Waals surface area contributed by atoms with E-state index in [-0.39, 0.29) is 0 Å². The van der Waals surface area contributed by atoms with Gasteiger partial charge >= 0.3 is 0 Å². The Morgan fingerprint density at radius 1 is 0.129 bits per heavy atom. The molecule has 12 heteroatoms. The Kier molecular flexibility index (Phi) is 20.6.